The highest BCUT2D eigenvalue weighted by Crippen LogP contribution is 2.43. The lowest BCUT2D eigenvalue weighted by Crippen LogP contribution is -2.46. The number of aromatic nitrogens is 2. The first kappa shape index (κ1) is 31.6. The first-order valence-corrected chi connectivity index (χ1v) is 14.1. The topological polar surface area (TPSA) is 165 Å². The van der Waals surface area contributed by atoms with Gasteiger partial charge in [-0.1, -0.05) is 30.3 Å². The van der Waals surface area contributed by atoms with Gasteiger partial charge < -0.3 is 30.1 Å². The number of hydroxylamine groups is 2. The van der Waals surface area contributed by atoms with Gasteiger partial charge in [-0.2, -0.15) is 10.2 Å². The molecule has 1 saturated heterocycles. The van der Waals surface area contributed by atoms with E-state index in [1.807, 2.05) is 30.3 Å². The van der Waals surface area contributed by atoms with E-state index in [1.54, 1.807) is 57.3 Å². The van der Waals surface area contributed by atoms with Crippen LogP contribution in [0.5, 0.6) is 0 Å². The minimum atomic E-state index is -1.22. The number of ether oxygens (including phenoxy) is 2. The summed E-state index contributed by atoms with van der Waals surface area (Å²) in [5.74, 6) is -0.616. The van der Waals surface area contributed by atoms with Crippen molar-refractivity contribution in [1.29, 1.82) is 0 Å². The van der Waals surface area contributed by atoms with Gasteiger partial charge in [-0.3, -0.25) is 9.52 Å². The number of amides is 4. The molecule has 0 aliphatic carbocycles. The highest BCUT2D eigenvalue weighted by atomic mass is 16.7. The van der Waals surface area contributed by atoms with Crippen LogP contribution in [0.1, 0.15) is 76.9 Å². The number of benzene rings is 1. The van der Waals surface area contributed by atoms with E-state index in [0.717, 1.165) is 5.56 Å². The molecule has 14 nitrogen and oxygen atoms in total. The van der Waals surface area contributed by atoms with Gasteiger partial charge in [-0.25, -0.2) is 19.2 Å². The lowest BCUT2D eigenvalue weighted by atomic mass is 9.98. The summed E-state index contributed by atoms with van der Waals surface area (Å²) in [7, 11) is 0. The molecule has 0 radical (unpaired) electrons. The van der Waals surface area contributed by atoms with Crippen LogP contribution in [0.25, 0.3) is 0 Å². The van der Waals surface area contributed by atoms with E-state index in [-0.39, 0.29) is 32.1 Å². The van der Waals surface area contributed by atoms with Crippen LogP contribution in [-0.4, -0.2) is 79.4 Å². The van der Waals surface area contributed by atoms with Gasteiger partial charge in [0.1, 0.15) is 29.9 Å². The molecule has 3 heterocycles. The fraction of sp³-hybridized carbons (Fsp3) is 0.552. The predicted molar refractivity (Wildman–Crippen MR) is 153 cm³/mol. The number of nitrogens with zero attached hydrogens (tertiary/aromatic N) is 4. The number of alkyl carbamates (subject to hydrolysis) is 1. The molecule has 14 heteroatoms. The van der Waals surface area contributed by atoms with Crippen LogP contribution in [-0.2, 0) is 32.3 Å². The Morgan fingerprint density at radius 3 is 2.37 bits per heavy atom. The Morgan fingerprint density at radius 2 is 1.74 bits per heavy atom. The third-order valence-electron chi connectivity index (χ3n) is 6.65. The number of fused-ring (bicyclic) bond motifs is 4. The van der Waals surface area contributed by atoms with E-state index in [0.29, 0.717) is 17.8 Å². The molecule has 2 bridgehead atoms. The van der Waals surface area contributed by atoms with Crippen molar-refractivity contribution >= 4 is 24.2 Å². The first-order valence-electron chi connectivity index (χ1n) is 14.1. The number of carbonyl (C=O) groups is 4. The molecule has 43 heavy (non-hydrogen) atoms. The van der Waals surface area contributed by atoms with Crippen molar-refractivity contribution in [3.05, 3.63) is 53.3 Å². The summed E-state index contributed by atoms with van der Waals surface area (Å²) < 4.78 is 12.5. The van der Waals surface area contributed by atoms with E-state index in [4.69, 9.17) is 19.4 Å². The quantitative estimate of drug-likeness (QED) is 0.345. The maximum Gasteiger partial charge on any atom is 0.408 e. The molecule has 1 aromatic heterocycles. The zero-order valence-corrected chi connectivity index (χ0v) is 25.3. The van der Waals surface area contributed by atoms with Crippen LogP contribution in [0, 0.1) is 0 Å². The molecular weight excluding hydrogens is 560 g/mol. The fourth-order valence-corrected chi connectivity index (χ4v) is 4.90. The van der Waals surface area contributed by atoms with Crippen molar-refractivity contribution in [1.82, 2.24) is 30.4 Å². The Bertz CT molecular complexity index is 1330. The van der Waals surface area contributed by atoms with Gasteiger partial charge in [-0.15, -0.1) is 0 Å². The molecule has 2 aliphatic heterocycles. The van der Waals surface area contributed by atoms with E-state index in [9.17, 15) is 24.3 Å². The summed E-state index contributed by atoms with van der Waals surface area (Å²) in [6, 6.07) is 6.90. The number of hydrogen-bond acceptors (Lipinski definition) is 8. The van der Waals surface area contributed by atoms with E-state index >= 15 is 0 Å². The Hall–Kier alpha value is -4.33. The maximum absolute atomic E-state index is 13.3. The van der Waals surface area contributed by atoms with Gasteiger partial charge in [0, 0.05) is 24.8 Å². The average Bonchev–Trinajstić information content (AvgIpc) is 3.44. The van der Waals surface area contributed by atoms with Crippen molar-refractivity contribution in [3.8, 4) is 0 Å². The summed E-state index contributed by atoms with van der Waals surface area (Å²) in [4.78, 5) is 57.7. The monoisotopic (exact) mass is 600 g/mol. The number of hydrogen-bond donors (Lipinski definition) is 3. The second-order valence-electron chi connectivity index (χ2n) is 12.5. The zero-order valence-electron chi connectivity index (χ0n) is 25.3. The summed E-state index contributed by atoms with van der Waals surface area (Å²) in [6.45, 7) is 11.0. The molecule has 234 valence electrons. The molecule has 1 aromatic carbocycles. The standard InChI is InChI=1S/C29H40N6O8/c1-28(2,3)42-24(36)20(31-26(39)43-29(4,5)6)12-13-33-15-19-22-16-34(21(23(19)32-33)14-30-25(37)38)27(40)35(22)41-17-18-10-8-7-9-11-18/h7-11,15,20-22,30H,12-14,16-17H2,1-6H3,(H,31,39)(H,37,38). The third kappa shape index (κ3) is 8.15. The number of carbonyl (C=O) groups excluding carboxylic acids is 3. The van der Waals surface area contributed by atoms with Gasteiger partial charge in [0.25, 0.3) is 0 Å². The third-order valence-corrected chi connectivity index (χ3v) is 6.65. The minimum Gasteiger partial charge on any atom is -0.465 e. The number of urea groups is 1. The van der Waals surface area contributed by atoms with Crippen molar-refractivity contribution in [2.75, 3.05) is 13.1 Å². The Labute approximate surface area is 250 Å². The Kier molecular flexibility index (Phi) is 9.18. The molecule has 4 amide bonds. The molecule has 0 spiro atoms. The molecule has 0 saturated carbocycles. The van der Waals surface area contributed by atoms with Crippen LogP contribution >= 0.6 is 0 Å². The zero-order chi connectivity index (χ0) is 31.5. The summed E-state index contributed by atoms with van der Waals surface area (Å²) in [5.41, 5.74) is 0.587. The second-order valence-corrected chi connectivity index (χ2v) is 12.5. The van der Waals surface area contributed by atoms with Crippen molar-refractivity contribution in [3.63, 3.8) is 0 Å². The largest absolute Gasteiger partial charge is 0.465 e. The molecular formula is C29H40N6O8. The number of esters is 1. The minimum absolute atomic E-state index is 0.0644. The lowest BCUT2D eigenvalue weighted by molar-refractivity contribution is -0.157. The van der Waals surface area contributed by atoms with Crippen LogP contribution in [0.4, 0.5) is 14.4 Å². The Balaban J connectivity index is 1.55. The highest BCUT2D eigenvalue weighted by molar-refractivity contribution is 5.81. The number of rotatable bonds is 10. The normalized spacial score (nSPS) is 18.6. The molecule has 3 unspecified atom stereocenters. The summed E-state index contributed by atoms with van der Waals surface area (Å²) in [6.07, 6.45) is -0.0747. The molecule has 1 fully saturated rings. The summed E-state index contributed by atoms with van der Waals surface area (Å²) >= 11 is 0. The predicted octanol–water partition coefficient (Wildman–Crippen LogP) is 3.74. The van der Waals surface area contributed by atoms with Gasteiger partial charge in [0.05, 0.1) is 18.3 Å². The van der Waals surface area contributed by atoms with Gasteiger partial charge in [0.2, 0.25) is 0 Å². The van der Waals surface area contributed by atoms with Crippen LogP contribution in [0.3, 0.4) is 0 Å². The summed E-state index contributed by atoms with van der Waals surface area (Å²) in [5, 5.41) is 20.2. The average molecular weight is 601 g/mol. The molecule has 2 aromatic rings. The van der Waals surface area contributed by atoms with Crippen LogP contribution in [0.2, 0.25) is 0 Å². The van der Waals surface area contributed by atoms with Crippen LogP contribution in [0.15, 0.2) is 36.5 Å². The molecule has 2 aliphatic rings. The van der Waals surface area contributed by atoms with Crippen molar-refractivity contribution in [2.45, 2.75) is 90.4 Å². The molecule has 3 N–H and O–H groups in total. The maximum atomic E-state index is 13.3. The van der Waals surface area contributed by atoms with Gasteiger partial charge >= 0.3 is 24.2 Å². The Morgan fingerprint density at radius 1 is 1.07 bits per heavy atom. The second kappa shape index (κ2) is 12.5. The van der Waals surface area contributed by atoms with Crippen LogP contribution < -0.4 is 10.6 Å². The molecule has 3 atom stereocenters. The van der Waals surface area contributed by atoms with Crippen molar-refractivity contribution < 1.29 is 38.6 Å². The lowest BCUT2D eigenvalue weighted by Gasteiger charge is -2.29. The first-order chi connectivity index (χ1) is 20.1. The van der Waals surface area contributed by atoms with E-state index in [2.05, 4.69) is 10.6 Å². The van der Waals surface area contributed by atoms with Crippen molar-refractivity contribution in [2.24, 2.45) is 0 Å². The number of nitrogens with one attached hydrogen (secondary N) is 2. The highest BCUT2D eigenvalue weighted by Gasteiger charge is 2.50. The van der Waals surface area contributed by atoms with Gasteiger partial charge in [-0.05, 0) is 53.5 Å². The number of aryl methyl sites for hydroxylation is 1. The van der Waals surface area contributed by atoms with E-state index < -0.39 is 47.5 Å². The SMILES string of the molecule is CC(C)(C)OC(=O)NC(CCn1cc2c(n1)C(CNC(=O)O)N1CC2N(OCc2ccccc2)C1=O)C(=O)OC(C)(C)C. The molecule has 4 rings (SSSR count). The fourth-order valence-electron chi connectivity index (χ4n) is 4.90. The van der Waals surface area contributed by atoms with E-state index in [1.165, 1.54) is 5.06 Å². The number of carboxylic acid groups (broad SMARTS) is 1. The van der Waals surface area contributed by atoms with Gasteiger partial charge in [0.15, 0.2) is 0 Å². The smallest absolute Gasteiger partial charge is 0.408 e.